The van der Waals surface area contributed by atoms with Crippen LogP contribution in [0.15, 0.2) is 54.9 Å². The van der Waals surface area contributed by atoms with Crippen molar-refractivity contribution in [1.82, 2.24) is 15.2 Å². The number of benzene rings is 2. The molecule has 2 amide bonds. The number of aryl methyl sites for hydroxylation is 1. The van der Waals surface area contributed by atoms with Gasteiger partial charge in [-0.2, -0.15) is 0 Å². The lowest BCUT2D eigenvalue weighted by atomic mass is 9.71. The lowest BCUT2D eigenvalue weighted by Gasteiger charge is -2.47. The molecular weight excluding hydrogens is 551 g/mol. The molecular formula is C34H38ClFN4O2. The van der Waals surface area contributed by atoms with Gasteiger partial charge in [-0.1, -0.05) is 37.6 Å². The zero-order chi connectivity index (χ0) is 29.6. The fourth-order valence-electron chi connectivity index (χ4n) is 7.22. The molecule has 2 aromatic carbocycles. The molecule has 1 N–H and O–H groups in total. The minimum absolute atomic E-state index is 0.0319. The molecule has 2 fully saturated rings. The summed E-state index contributed by atoms with van der Waals surface area (Å²) in [6, 6.07) is 12.5. The minimum atomic E-state index is -0.643. The highest BCUT2D eigenvalue weighted by atomic mass is 35.5. The van der Waals surface area contributed by atoms with Gasteiger partial charge in [0.2, 0.25) is 0 Å². The zero-order valence-corrected chi connectivity index (χ0v) is 25.3. The van der Waals surface area contributed by atoms with E-state index in [9.17, 15) is 14.0 Å². The van der Waals surface area contributed by atoms with Crippen LogP contribution in [0.5, 0.6) is 0 Å². The van der Waals surface area contributed by atoms with Crippen molar-refractivity contribution in [3.8, 4) is 0 Å². The maximum atomic E-state index is 14.6. The average molecular weight is 589 g/mol. The second-order valence-electron chi connectivity index (χ2n) is 13.0. The summed E-state index contributed by atoms with van der Waals surface area (Å²) < 4.78 is 14.6. The molecule has 0 radical (unpaired) electrons. The molecule has 2 aliphatic heterocycles. The molecule has 3 heterocycles. The van der Waals surface area contributed by atoms with Crippen molar-refractivity contribution in [2.45, 2.75) is 64.3 Å². The number of anilines is 1. The number of likely N-dealkylation sites (tertiary alicyclic amines) is 1. The van der Waals surface area contributed by atoms with Gasteiger partial charge in [0, 0.05) is 49.8 Å². The van der Waals surface area contributed by atoms with Crippen molar-refractivity contribution in [3.63, 3.8) is 0 Å². The summed E-state index contributed by atoms with van der Waals surface area (Å²) in [4.78, 5) is 35.5. The third-order valence-electron chi connectivity index (χ3n) is 9.90. The molecule has 42 heavy (non-hydrogen) atoms. The van der Waals surface area contributed by atoms with Gasteiger partial charge in [-0.3, -0.25) is 14.6 Å². The van der Waals surface area contributed by atoms with Gasteiger partial charge in [-0.15, -0.1) is 0 Å². The Hall–Kier alpha value is -3.45. The first-order valence-electron chi connectivity index (χ1n) is 14.9. The van der Waals surface area contributed by atoms with Crippen molar-refractivity contribution < 1.29 is 14.0 Å². The molecule has 3 aromatic rings. The molecule has 8 heteroatoms. The number of nitrogens with zero attached hydrogens (tertiary/aromatic N) is 3. The normalized spacial score (nSPS) is 20.8. The second-order valence-corrected chi connectivity index (χ2v) is 13.3. The van der Waals surface area contributed by atoms with Gasteiger partial charge in [-0.05, 0) is 96.9 Å². The third-order valence-corrected chi connectivity index (χ3v) is 10.4. The Morgan fingerprint density at radius 3 is 2.33 bits per heavy atom. The molecule has 220 valence electrons. The summed E-state index contributed by atoms with van der Waals surface area (Å²) >= 11 is 6.32. The van der Waals surface area contributed by atoms with Crippen LogP contribution < -0.4 is 10.2 Å². The lowest BCUT2D eigenvalue weighted by Crippen LogP contribution is -2.48. The molecule has 1 aromatic heterocycles. The van der Waals surface area contributed by atoms with Crippen LogP contribution >= 0.6 is 11.6 Å². The number of pyridine rings is 1. The van der Waals surface area contributed by atoms with Crippen molar-refractivity contribution in [3.05, 3.63) is 93.5 Å². The third kappa shape index (κ3) is 5.28. The van der Waals surface area contributed by atoms with E-state index >= 15 is 0 Å². The Morgan fingerprint density at radius 1 is 0.976 bits per heavy atom. The van der Waals surface area contributed by atoms with E-state index in [1.54, 1.807) is 13.0 Å². The number of rotatable bonds is 4. The van der Waals surface area contributed by atoms with Crippen molar-refractivity contribution in [2.24, 2.45) is 5.41 Å². The monoisotopic (exact) mass is 588 g/mol. The molecule has 1 spiro atoms. The molecule has 1 unspecified atom stereocenters. The first-order chi connectivity index (χ1) is 20.1. The van der Waals surface area contributed by atoms with E-state index in [0.717, 1.165) is 63.0 Å². The number of amides is 2. The van der Waals surface area contributed by atoms with Crippen LogP contribution in [0.2, 0.25) is 5.02 Å². The Kier molecular flexibility index (Phi) is 7.50. The number of carbonyl (C=O) groups excluding carboxylic acids is 2. The Morgan fingerprint density at radius 2 is 1.64 bits per heavy atom. The van der Waals surface area contributed by atoms with Gasteiger partial charge in [-0.25, -0.2) is 4.39 Å². The van der Waals surface area contributed by atoms with Crippen LogP contribution in [0.25, 0.3) is 0 Å². The van der Waals surface area contributed by atoms with Crippen LogP contribution in [0.4, 0.5) is 10.1 Å². The number of aromatic nitrogens is 1. The molecule has 1 aliphatic carbocycles. The summed E-state index contributed by atoms with van der Waals surface area (Å²) in [6.07, 6.45) is 8.65. The molecule has 0 bridgehead atoms. The van der Waals surface area contributed by atoms with Gasteiger partial charge in [0.15, 0.2) is 0 Å². The van der Waals surface area contributed by atoms with Gasteiger partial charge in [0.25, 0.3) is 11.8 Å². The fraction of sp³-hybridized carbons (Fsp3) is 0.441. The number of nitrogens with one attached hydrogen (secondary N) is 1. The van der Waals surface area contributed by atoms with Crippen LogP contribution in [0.1, 0.15) is 89.4 Å². The van der Waals surface area contributed by atoms with E-state index in [-0.39, 0.29) is 28.0 Å². The second kappa shape index (κ2) is 11.0. The fourth-order valence-corrected chi connectivity index (χ4v) is 7.45. The van der Waals surface area contributed by atoms with Crippen LogP contribution in [-0.2, 0) is 5.41 Å². The smallest absolute Gasteiger partial charge is 0.256 e. The Labute approximate surface area is 252 Å². The van der Waals surface area contributed by atoms with Gasteiger partial charge in [0.1, 0.15) is 5.82 Å². The zero-order valence-electron chi connectivity index (χ0n) is 24.6. The molecule has 6 nitrogen and oxygen atoms in total. The highest BCUT2D eigenvalue weighted by molar-refractivity contribution is 6.34. The van der Waals surface area contributed by atoms with E-state index < -0.39 is 11.7 Å². The molecule has 3 aliphatic rings. The van der Waals surface area contributed by atoms with Crippen LogP contribution in [0, 0.1) is 18.2 Å². The summed E-state index contributed by atoms with van der Waals surface area (Å²) in [5, 5.41) is 3.14. The van der Waals surface area contributed by atoms with Crippen LogP contribution in [-0.4, -0.2) is 47.9 Å². The average Bonchev–Trinajstić information content (AvgIpc) is 3.24. The molecule has 1 atom stereocenters. The van der Waals surface area contributed by atoms with Gasteiger partial charge >= 0.3 is 0 Å². The SMILES string of the molecule is Cc1ccc(F)c(C(=O)NC2CC(C)(C)c3ccc(C(=O)N4CCC5(CC4)CCN(c4ccncc4)CC5)cc32)c1Cl. The number of hydrogen-bond donors (Lipinski definition) is 1. The summed E-state index contributed by atoms with van der Waals surface area (Å²) in [7, 11) is 0. The van der Waals surface area contributed by atoms with Gasteiger partial charge in [0.05, 0.1) is 16.6 Å². The largest absolute Gasteiger partial charge is 0.371 e. The van der Waals surface area contributed by atoms with Crippen molar-refractivity contribution in [2.75, 3.05) is 31.1 Å². The van der Waals surface area contributed by atoms with E-state index in [4.69, 9.17) is 11.6 Å². The predicted molar refractivity (Wildman–Crippen MR) is 164 cm³/mol. The van der Waals surface area contributed by atoms with E-state index in [2.05, 4.69) is 41.2 Å². The summed E-state index contributed by atoms with van der Waals surface area (Å²) in [5.74, 6) is -1.15. The lowest BCUT2D eigenvalue weighted by molar-refractivity contribution is 0.0515. The number of carbonyl (C=O) groups is 2. The topological polar surface area (TPSA) is 65.5 Å². The van der Waals surface area contributed by atoms with E-state index in [1.807, 2.05) is 35.5 Å². The van der Waals surface area contributed by atoms with E-state index in [0.29, 0.717) is 23.0 Å². The predicted octanol–water partition coefficient (Wildman–Crippen LogP) is 6.86. The molecule has 6 rings (SSSR count). The first kappa shape index (κ1) is 28.7. The van der Waals surface area contributed by atoms with E-state index in [1.165, 1.54) is 11.8 Å². The number of halogens is 2. The standard InChI is InChI=1S/C34H38ClFN4O2/c1-22-4-7-27(36)29(30(22)35)31(41)38-28-21-33(2,3)26-6-5-23(20-25(26)28)32(42)40-18-12-34(13-19-40)10-16-39(17-11-34)24-8-14-37-15-9-24/h4-9,14-15,20,28H,10-13,16-19,21H2,1-3H3,(H,38,41). The highest BCUT2D eigenvalue weighted by Crippen LogP contribution is 2.46. The summed E-state index contributed by atoms with van der Waals surface area (Å²) in [5.41, 5.74) is 4.48. The quantitative estimate of drug-likeness (QED) is 0.362. The summed E-state index contributed by atoms with van der Waals surface area (Å²) in [6.45, 7) is 9.57. The minimum Gasteiger partial charge on any atom is -0.371 e. The maximum absolute atomic E-state index is 14.6. The highest BCUT2D eigenvalue weighted by Gasteiger charge is 2.41. The van der Waals surface area contributed by atoms with Crippen molar-refractivity contribution >= 4 is 29.1 Å². The number of piperidine rings is 2. The van der Waals surface area contributed by atoms with Crippen molar-refractivity contribution in [1.29, 1.82) is 0 Å². The number of hydrogen-bond acceptors (Lipinski definition) is 4. The molecule has 2 saturated heterocycles. The Balaban J connectivity index is 1.14. The van der Waals surface area contributed by atoms with Gasteiger partial charge < -0.3 is 15.1 Å². The Bertz CT molecular complexity index is 1510. The maximum Gasteiger partial charge on any atom is 0.256 e. The van der Waals surface area contributed by atoms with Crippen LogP contribution in [0.3, 0.4) is 0 Å². The molecule has 0 saturated carbocycles. The number of fused-ring (bicyclic) bond motifs is 1. The first-order valence-corrected chi connectivity index (χ1v) is 15.3.